The van der Waals surface area contributed by atoms with Gasteiger partial charge in [0.25, 0.3) is 0 Å². The molecular formula is C20H26N6O2. The zero-order valence-electron chi connectivity index (χ0n) is 16.3. The number of benzene rings is 1. The molecule has 0 spiro atoms. The van der Waals surface area contributed by atoms with Crippen molar-refractivity contribution >= 4 is 22.9 Å². The monoisotopic (exact) mass is 382 g/mol. The van der Waals surface area contributed by atoms with Crippen molar-refractivity contribution in [3.63, 3.8) is 0 Å². The molecule has 1 aromatic carbocycles. The summed E-state index contributed by atoms with van der Waals surface area (Å²) in [7, 11) is 0. The van der Waals surface area contributed by atoms with E-state index in [1.807, 2.05) is 30.3 Å². The number of para-hydroxylation sites is 1. The van der Waals surface area contributed by atoms with Crippen molar-refractivity contribution in [1.82, 2.24) is 19.5 Å². The van der Waals surface area contributed by atoms with Gasteiger partial charge < -0.3 is 19.7 Å². The van der Waals surface area contributed by atoms with Crippen molar-refractivity contribution in [1.29, 1.82) is 0 Å². The molecule has 3 heterocycles. The molecule has 0 amide bonds. The number of hydrogen-bond donors (Lipinski definition) is 1. The summed E-state index contributed by atoms with van der Waals surface area (Å²) in [6, 6.07) is 10.0. The summed E-state index contributed by atoms with van der Waals surface area (Å²) in [5.41, 5.74) is 1.63. The molecule has 1 aliphatic rings. The van der Waals surface area contributed by atoms with E-state index in [9.17, 15) is 0 Å². The molecular weight excluding hydrogens is 356 g/mol. The van der Waals surface area contributed by atoms with Crippen molar-refractivity contribution < 1.29 is 9.47 Å². The second kappa shape index (κ2) is 8.43. The first kappa shape index (κ1) is 18.5. The Balaban J connectivity index is 1.53. The topological polar surface area (TPSA) is 77.3 Å². The van der Waals surface area contributed by atoms with Crippen molar-refractivity contribution in [2.75, 3.05) is 49.7 Å². The summed E-state index contributed by atoms with van der Waals surface area (Å²) >= 11 is 0. The minimum Gasteiger partial charge on any atom is -0.492 e. The number of aromatic nitrogens is 4. The maximum absolute atomic E-state index is 5.75. The van der Waals surface area contributed by atoms with E-state index in [4.69, 9.17) is 14.5 Å². The third-order valence-electron chi connectivity index (χ3n) is 4.68. The lowest BCUT2D eigenvalue weighted by molar-refractivity contribution is 0.121. The van der Waals surface area contributed by atoms with E-state index in [0.29, 0.717) is 13.2 Å². The molecule has 8 nitrogen and oxygen atoms in total. The van der Waals surface area contributed by atoms with Crippen molar-refractivity contribution in [2.45, 2.75) is 19.9 Å². The Kier molecular flexibility index (Phi) is 5.57. The third-order valence-corrected chi connectivity index (χ3v) is 4.68. The van der Waals surface area contributed by atoms with Crippen LogP contribution in [0.5, 0.6) is 5.75 Å². The van der Waals surface area contributed by atoms with Gasteiger partial charge in [-0.2, -0.15) is 0 Å². The summed E-state index contributed by atoms with van der Waals surface area (Å²) < 4.78 is 13.4. The van der Waals surface area contributed by atoms with Crippen LogP contribution in [0.1, 0.15) is 19.9 Å². The molecule has 1 fully saturated rings. The van der Waals surface area contributed by atoms with Gasteiger partial charge in [-0.15, -0.1) is 0 Å². The maximum Gasteiger partial charge on any atom is 0.208 e. The predicted octanol–water partition coefficient (Wildman–Crippen LogP) is 2.73. The molecule has 0 bridgehead atoms. The molecule has 1 N–H and O–H groups in total. The number of hydrogen-bond acceptors (Lipinski definition) is 7. The highest BCUT2D eigenvalue weighted by Crippen LogP contribution is 2.29. The molecule has 148 valence electrons. The molecule has 1 aliphatic heterocycles. The number of fused-ring (bicyclic) bond motifs is 1. The molecule has 28 heavy (non-hydrogen) atoms. The van der Waals surface area contributed by atoms with Crippen molar-refractivity contribution in [3.8, 4) is 5.75 Å². The Hall–Kier alpha value is -2.87. The van der Waals surface area contributed by atoms with Gasteiger partial charge in [0.1, 0.15) is 18.7 Å². The lowest BCUT2D eigenvalue weighted by atomic mass is 10.3. The van der Waals surface area contributed by atoms with Crippen molar-refractivity contribution in [2.24, 2.45) is 0 Å². The fourth-order valence-electron chi connectivity index (χ4n) is 3.34. The number of imidazole rings is 1. The summed E-state index contributed by atoms with van der Waals surface area (Å²) in [6.45, 7) is 8.55. The van der Waals surface area contributed by atoms with Crippen LogP contribution in [-0.4, -0.2) is 59.0 Å². The van der Waals surface area contributed by atoms with Crippen LogP contribution in [0.15, 0.2) is 36.7 Å². The quantitative estimate of drug-likeness (QED) is 0.630. The van der Waals surface area contributed by atoms with Gasteiger partial charge in [-0.05, 0) is 26.0 Å². The number of ether oxygens (including phenoxy) is 2. The van der Waals surface area contributed by atoms with Crippen LogP contribution >= 0.6 is 0 Å². The molecule has 3 aromatic rings. The van der Waals surface area contributed by atoms with Gasteiger partial charge in [-0.1, -0.05) is 18.2 Å². The Labute approximate surface area is 164 Å². The van der Waals surface area contributed by atoms with Gasteiger partial charge >= 0.3 is 0 Å². The Bertz CT molecular complexity index is 906. The highest BCUT2D eigenvalue weighted by atomic mass is 16.5. The van der Waals surface area contributed by atoms with Crippen LogP contribution in [-0.2, 0) is 4.74 Å². The van der Waals surface area contributed by atoms with E-state index in [0.717, 1.165) is 55.0 Å². The van der Waals surface area contributed by atoms with E-state index in [1.54, 1.807) is 6.33 Å². The first-order chi connectivity index (χ1) is 13.7. The van der Waals surface area contributed by atoms with E-state index in [1.165, 1.54) is 0 Å². The van der Waals surface area contributed by atoms with Crippen LogP contribution in [0, 0.1) is 0 Å². The molecule has 8 heteroatoms. The summed E-state index contributed by atoms with van der Waals surface area (Å²) in [6.07, 6.45) is 1.59. The largest absolute Gasteiger partial charge is 0.492 e. The average Bonchev–Trinajstić information content (AvgIpc) is 3.13. The second-order valence-corrected chi connectivity index (χ2v) is 6.96. The SMILES string of the molecule is CC(C)n1c(N2CCOCC2)nc2c(NCCOc3ccccc3)ncnc21. The number of anilines is 2. The van der Waals surface area contributed by atoms with Gasteiger partial charge in [0.15, 0.2) is 17.0 Å². The third kappa shape index (κ3) is 3.87. The Morgan fingerprint density at radius 2 is 1.93 bits per heavy atom. The Morgan fingerprint density at radius 3 is 2.68 bits per heavy atom. The normalized spacial score (nSPS) is 14.6. The zero-order valence-corrected chi connectivity index (χ0v) is 16.3. The molecule has 2 aromatic heterocycles. The van der Waals surface area contributed by atoms with E-state index < -0.39 is 0 Å². The molecule has 0 atom stereocenters. The molecule has 0 unspecified atom stereocenters. The predicted molar refractivity (Wildman–Crippen MR) is 109 cm³/mol. The first-order valence-electron chi connectivity index (χ1n) is 9.71. The number of rotatable bonds is 7. The van der Waals surface area contributed by atoms with Crippen LogP contribution < -0.4 is 15.0 Å². The highest BCUT2D eigenvalue weighted by Gasteiger charge is 2.23. The van der Waals surface area contributed by atoms with Crippen LogP contribution in [0.2, 0.25) is 0 Å². The molecule has 0 saturated carbocycles. The maximum atomic E-state index is 5.75. The standard InChI is InChI=1S/C20H26N6O2/c1-15(2)26-19-17(24-20(26)25-9-12-27-13-10-25)18(22-14-23-19)21-8-11-28-16-6-4-3-5-7-16/h3-7,14-15H,8-13H2,1-2H3,(H,21,22,23). The molecule has 4 rings (SSSR count). The van der Waals surface area contributed by atoms with Crippen LogP contribution in [0.25, 0.3) is 11.2 Å². The molecule has 0 radical (unpaired) electrons. The smallest absolute Gasteiger partial charge is 0.208 e. The van der Waals surface area contributed by atoms with Crippen molar-refractivity contribution in [3.05, 3.63) is 36.7 Å². The Morgan fingerprint density at radius 1 is 1.14 bits per heavy atom. The fourth-order valence-corrected chi connectivity index (χ4v) is 3.34. The summed E-state index contributed by atoms with van der Waals surface area (Å²) in [4.78, 5) is 16.1. The highest BCUT2D eigenvalue weighted by molar-refractivity contribution is 5.85. The fraction of sp³-hybridized carbons (Fsp3) is 0.450. The minimum absolute atomic E-state index is 0.243. The summed E-state index contributed by atoms with van der Waals surface area (Å²) in [5.74, 6) is 2.52. The molecule has 1 saturated heterocycles. The van der Waals surface area contributed by atoms with E-state index >= 15 is 0 Å². The van der Waals surface area contributed by atoms with Gasteiger partial charge in [0.2, 0.25) is 5.95 Å². The van der Waals surface area contributed by atoms with Gasteiger partial charge in [-0.3, -0.25) is 4.57 Å². The van der Waals surface area contributed by atoms with Gasteiger partial charge in [-0.25, -0.2) is 15.0 Å². The van der Waals surface area contributed by atoms with Crippen LogP contribution in [0.3, 0.4) is 0 Å². The van der Waals surface area contributed by atoms with Gasteiger partial charge in [0, 0.05) is 19.1 Å². The number of nitrogens with zero attached hydrogens (tertiary/aromatic N) is 5. The average molecular weight is 382 g/mol. The zero-order chi connectivity index (χ0) is 19.3. The molecule has 0 aliphatic carbocycles. The van der Waals surface area contributed by atoms with Gasteiger partial charge in [0.05, 0.1) is 19.8 Å². The number of nitrogens with one attached hydrogen (secondary N) is 1. The van der Waals surface area contributed by atoms with Crippen LogP contribution in [0.4, 0.5) is 11.8 Å². The lowest BCUT2D eigenvalue weighted by Gasteiger charge is -2.29. The lowest BCUT2D eigenvalue weighted by Crippen LogP contribution is -2.38. The second-order valence-electron chi connectivity index (χ2n) is 6.96. The minimum atomic E-state index is 0.243. The first-order valence-corrected chi connectivity index (χ1v) is 9.71. The van der Waals surface area contributed by atoms with E-state index in [2.05, 4.69) is 38.6 Å². The number of morpholine rings is 1. The van der Waals surface area contributed by atoms with E-state index in [-0.39, 0.29) is 6.04 Å². The summed E-state index contributed by atoms with van der Waals surface area (Å²) in [5, 5.41) is 3.35.